The molecular weight excluding hydrogens is 280 g/mol. The molecule has 2 heterocycles. The fourth-order valence-electron chi connectivity index (χ4n) is 2.83. The molecule has 0 aliphatic carbocycles. The van der Waals surface area contributed by atoms with Gasteiger partial charge in [-0.2, -0.15) is 0 Å². The highest BCUT2D eigenvalue weighted by molar-refractivity contribution is 5.71. The molecule has 0 saturated carbocycles. The summed E-state index contributed by atoms with van der Waals surface area (Å²) in [5.74, 6) is 3.28. The number of morpholine rings is 1. The maximum absolute atomic E-state index is 12.1. The van der Waals surface area contributed by atoms with Gasteiger partial charge in [-0.3, -0.25) is 4.90 Å². The van der Waals surface area contributed by atoms with Gasteiger partial charge in [0.25, 0.3) is 0 Å². The van der Waals surface area contributed by atoms with Gasteiger partial charge in [-0.15, -0.1) is 6.42 Å². The van der Waals surface area contributed by atoms with Crippen molar-refractivity contribution >= 4 is 6.09 Å². The molecule has 5 heteroatoms. The van der Waals surface area contributed by atoms with Crippen LogP contribution in [0, 0.1) is 12.3 Å². The lowest BCUT2D eigenvalue weighted by atomic mass is 9.99. The van der Waals surface area contributed by atoms with Crippen LogP contribution in [-0.4, -0.2) is 55.3 Å². The third kappa shape index (κ3) is 3.41. The van der Waals surface area contributed by atoms with Crippen molar-refractivity contribution in [3.63, 3.8) is 0 Å². The Kier molecular flexibility index (Phi) is 4.62. The van der Waals surface area contributed by atoms with Crippen LogP contribution in [-0.2, 0) is 17.7 Å². The summed E-state index contributed by atoms with van der Waals surface area (Å²) < 4.78 is 10.7. The number of ether oxygens (including phenoxy) is 2. The second-order valence-corrected chi connectivity index (χ2v) is 5.56. The quantitative estimate of drug-likeness (QED) is 0.777. The summed E-state index contributed by atoms with van der Waals surface area (Å²) in [6, 6.07) is 5.87. The van der Waals surface area contributed by atoms with Crippen LogP contribution < -0.4 is 4.74 Å². The Morgan fingerprint density at radius 3 is 2.86 bits per heavy atom. The zero-order chi connectivity index (χ0) is 15.4. The molecule has 0 unspecified atom stereocenters. The van der Waals surface area contributed by atoms with Gasteiger partial charge in [-0.25, -0.2) is 4.79 Å². The molecule has 0 atom stereocenters. The predicted octanol–water partition coefficient (Wildman–Crippen LogP) is 1.51. The Morgan fingerprint density at radius 1 is 1.27 bits per heavy atom. The van der Waals surface area contributed by atoms with E-state index >= 15 is 0 Å². The summed E-state index contributed by atoms with van der Waals surface area (Å²) in [6.45, 7) is 4.74. The van der Waals surface area contributed by atoms with Gasteiger partial charge in [0, 0.05) is 26.2 Å². The second kappa shape index (κ2) is 6.82. The number of terminal acetylenes is 1. The fraction of sp³-hybridized carbons (Fsp3) is 0.471. The number of carbonyl (C=O) groups is 1. The summed E-state index contributed by atoms with van der Waals surface area (Å²) in [6.07, 6.45) is 6.06. The molecule has 0 N–H and O–H groups in total. The lowest BCUT2D eigenvalue weighted by molar-refractivity contribution is 0.0416. The first-order chi connectivity index (χ1) is 10.8. The Balaban J connectivity index is 1.66. The molecule has 2 aliphatic rings. The molecule has 0 aromatic heterocycles. The molecular formula is C17H20N2O3. The van der Waals surface area contributed by atoms with E-state index in [0.717, 1.165) is 19.5 Å². The Hall–Kier alpha value is -2.03. The molecule has 22 heavy (non-hydrogen) atoms. The number of hydrogen-bond acceptors (Lipinski definition) is 4. The minimum atomic E-state index is -0.306. The molecule has 1 aromatic carbocycles. The topological polar surface area (TPSA) is 42.0 Å². The van der Waals surface area contributed by atoms with Crippen LogP contribution in [0.25, 0.3) is 0 Å². The lowest BCUT2D eigenvalue weighted by Crippen LogP contribution is -2.42. The summed E-state index contributed by atoms with van der Waals surface area (Å²) in [5.41, 5.74) is 2.49. The fourth-order valence-corrected chi connectivity index (χ4v) is 2.83. The summed E-state index contributed by atoms with van der Waals surface area (Å²) in [7, 11) is 0. The van der Waals surface area contributed by atoms with E-state index in [0.29, 0.717) is 38.6 Å². The molecule has 3 rings (SSSR count). The summed E-state index contributed by atoms with van der Waals surface area (Å²) in [5, 5.41) is 0. The SMILES string of the molecule is C#CCN1CCc2ccc(OC(=O)N3CCOCC3)cc2C1. The summed E-state index contributed by atoms with van der Waals surface area (Å²) >= 11 is 0. The van der Waals surface area contributed by atoms with Crippen molar-refractivity contribution in [2.75, 3.05) is 39.4 Å². The molecule has 5 nitrogen and oxygen atoms in total. The van der Waals surface area contributed by atoms with E-state index in [1.165, 1.54) is 11.1 Å². The standard InChI is InChI=1S/C17H20N2O3/c1-2-6-18-7-5-14-3-4-16(12-15(14)13-18)22-17(20)19-8-10-21-11-9-19/h1,3-4,12H,5-11,13H2. The van der Waals surface area contributed by atoms with Crippen molar-refractivity contribution in [2.45, 2.75) is 13.0 Å². The van der Waals surface area contributed by atoms with Gasteiger partial charge in [0.1, 0.15) is 5.75 Å². The molecule has 1 saturated heterocycles. The van der Waals surface area contributed by atoms with Crippen LogP contribution in [0.2, 0.25) is 0 Å². The van der Waals surface area contributed by atoms with Crippen molar-refractivity contribution in [1.29, 1.82) is 0 Å². The third-order valence-corrected chi connectivity index (χ3v) is 4.06. The number of amides is 1. The average molecular weight is 300 g/mol. The van der Waals surface area contributed by atoms with Gasteiger partial charge in [0.2, 0.25) is 0 Å². The van der Waals surface area contributed by atoms with Gasteiger partial charge in [0.05, 0.1) is 19.8 Å². The van der Waals surface area contributed by atoms with Crippen LogP contribution in [0.3, 0.4) is 0 Å². The van der Waals surface area contributed by atoms with E-state index in [2.05, 4.69) is 10.8 Å². The maximum Gasteiger partial charge on any atom is 0.415 e. The first-order valence-corrected chi connectivity index (χ1v) is 7.58. The lowest BCUT2D eigenvalue weighted by Gasteiger charge is -2.28. The number of fused-ring (bicyclic) bond motifs is 1. The predicted molar refractivity (Wildman–Crippen MR) is 82.7 cm³/mol. The highest BCUT2D eigenvalue weighted by Crippen LogP contribution is 2.24. The van der Waals surface area contributed by atoms with E-state index in [4.69, 9.17) is 15.9 Å². The minimum absolute atomic E-state index is 0.306. The van der Waals surface area contributed by atoms with Crippen LogP contribution in [0.5, 0.6) is 5.75 Å². The van der Waals surface area contributed by atoms with Gasteiger partial charge >= 0.3 is 6.09 Å². The van der Waals surface area contributed by atoms with Gasteiger partial charge in [0.15, 0.2) is 0 Å². The van der Waals surface area contributed by atoms with Crippen molar-refractivity contribution in [2.24, 2.45) is 0 Å². The summed E-state index contributed by atoms with van der Waals surface area (Å²) in [4.78, 5) is 16.0. The van der Waals surface area contributed by atoms with Gasteiger partial charge in [-0.05, 0) is 29.7 Å². The van der Waals surface area contributed by atoms with E-state index < -0.39 is 0 Å². The smallest absolute Gasteiger partial charge is 0.410 e. The van der Waals surface area contributed by atoms with Crippen LogP contribution in [0.1, 0.15) is 11.1 Å². The van der Waals surface area contributed by atoms with E-state index in [1.807, 2.05) is 18.2 Å². The number of rotatable bonds is 2. The highest BCUT2D eigenvalue weighted by atomic mass is 16.6. The van der Waals surface area contributed by atoms with Crippen molar-refractivity contribution < 1.29 is 14.3 Å². The number of carbonyl (C=O) groups excluding carboxylic acids is 1. The first kappa shape index (κ1) is 14.9. The van der Waals surface area contributed by atoms with Crippen molar-refractivity contribution in [3.8, 4) is 18.1 Å². The normalized spacial score (nSPS) is 18.4. The van der Waals surface area contributed by atoms with Crippen molar-refractivity contribution in [3.05, 3.63) is 29.3 Å². The molecule has 116 valence electrons. The van der Waals surface area contributed by atoms with E-state index in [9.17, 15) is 4.79 Å². The van der Waals surface area contributed by atoms with Crippen LogP contribution >= 0.6 is 0 Å². The molecule has 1 aromatic rings. The molecule has 0 spiro atoms. The van der Waals surface area contributed by atoms with Crippen LogP contribution in [0.15, 0.2) is 18.2 Å². The van der Waals surface area contributed by atoms with Gasteiger partial charge < -0.3 is 14.4 Å². The largest absolute Gasteiger partial charge is 0.415 e. The Labute approximate surface area is 130 Å². The maximum atomic E-state index is 12.1. The van der Waals surface area contributed by atoms with Crippen molar-refractivity contribution in [1.82, 2.24) is 9.80 Å². The zero-order valence-electron chi connectivity index (χ0n) is 12.6. The molecule has 2 aliphatic heterocycles. The number of nitrogens with zero attached hydrogens (tertiary/aromatic N) is 2. The number of hydrogen-bond donors (Lipinski definition) is 0. The van der Waals surface area contributed by atoms with E-state index in [1.54, 1.807) is 4.90 Å². The Morgan fingerprint density at radius 2 is 2.09 bits per heavy atom. The second-order valence-electron chi connectivity index (χ2n) is 5.56. The molecule has 1 amide bonds. The van der Waals surface area contributed by atoms with E-state index in [-0.39, 0.29) is 6.09 Å². The van der Waals surface area contributed by atoms with Gasteiger partial charge in [-0.1, -0.05) is 12.0 Å². The molecule has 1 fully saturated rings. The van der Waals surface area contributed by atoms with Crippen LogP contribution in [0.4, 0.5) is 4.79 Å². The molecule has 0 radical (unpaired) electrons. The zero-order valence-corrected chi connectivity index (χ0v) is 12.6. The first-order valence-electron chi connectivity index (χ1n) is 7.58. The average Bonchev–Trinajstić information content (AvgIpc) is 2.55. The minimum Gasteiger partial charge on any atom is -0.410 e. The monoisotopic (exact) mass is 300 g/mol. The number of benzene rings is 1. The molecule has 0 bridgehead atoms. The third-order valence-electron chi connectivity index (χ3n) is 4.06. The highest BCUT2D eigenvalue weighted by Gasteiger charge is 2.20. The Bertz CT molecular complexity index is 588.